The summed E-state index contributed by atoms with van der Waals surface area (Å²) in [5, 5.41) is 11.4. The van der Waals surface area contributed by atoms with Gasteiger partial charge in [0.05, 0.1) is 23.7 Å². The van der Waals surface area contributed by atoms with Crippen molar-refractivity contribution in [1.29, 1.82) is 0 Å². The van der Waals surface area contributed by atoms with Crippen molar-refractivity contribution in [2.75, 3.05) is 31.2 Å². The Morgan fingerprint density at radius 1 is 0.929 bits per heavy atom. The molecule has 0 atom stereocenters. The van der Waals surface area contributed by atoms with Gasteiger partial charge < -0.3 is 9.64 Å². The van der Waals surface area contributed by atoms with E-state index in [0.29, 0.717) is 43.0 Å². The van der Waals surface area contributed by atoms with E-state index in [1.807, 2.05) is 4.90 Å². The van der Waals surface area contributed by atoms with Crippen LogP contribution in [0.5, 0.6) is 0 Å². The van der Waals surface area contributed by atoms with E-state index in [4.69, 9.17) is 4.74 Å². The summed E-state index contributed by atoms with van der Waals surface area (Å²) in [6, 6.07) is 12.6. The van der Waals surface area contributed by atoms with Crippen molar-refractivity contribution in [2.24, 2.45) is 0 Å². The highest BCUT2D eigenvalue weighted by Gasteiger charge is 2.39. The molecular weight excluding hydrogens is 362 g/mol. The molecule has 8 heteroatoms. The van der Waals surface area contributed by atoms with Crippen LogP contribution in [0.3, 0.4) is 0 Å². The zero-order valence-electron chi connectivity index (χ0n) is 14.9. The number of amides is 2. The Kier molecular flexibility index (Phi) is 4.62. The van der Waals surface area contributed by atoms with Crippen LogP contribution in [0.2, 0.25) is 0 Å². The number of rotatable bonds is 3. The third-order valence-electron chi connectivity index (χ3n) is 4.76. The standard InChI is InChI=1S/C20H17N3O5/c24-19-15-6-2-1-5-14(15)16(13-21-9-11-28-12-10-21)20(25)22(19)17-7-3-4-8-18(17)23(26)27/h1-8,13H,9-12H2. The maximum Gasteiger partial charge on any atom is 0.293 e. The van der Waals surface area contributed by atoms with E-state index in [2.05, 4.69) is 0 Å². The minimum atomic E-state index is -0.595. The quantitative estimate of drug-likeness (QED) is 0.352. The van der Waals surface area contributed by atoms with Crippen LogP contribution in [-0.4, -0.2) is 47.9 Å². The third kappa shape index (κ3) is 3.03. The van der Waals surface area contributed by atoms with Crippen LogP contribution in [0.25, 0.3) is 5.57 Å². The van der Waals surface area contributed by atoms with E-state index >= 15 is 0 Å². The van der Waals surface area contributed by atoms with E-state index in [-0.39, 0.29) is 11.4 Å². The number of anilines is 1. The molecule has 2 heterocycles. The summed E-state index contributed by atoms with van der Waals surface area (Å²) in [6.45, 7) is 2.34. The molecule has 4 rings (SSSR count). The number of hydrogen-bond donors (Lipinski definition) is 0. The van der Waals surface area contributed by atoms with Crippen molar-refractivity contribution in [1.82, 2.24) is 4.90 Å². The Hall–Kier alpha value is -3.52. The Bertz CT molecular complexity index is 995. The molecule has 142 valence electrons. The summed E-state index contributed by atoms with van der Waals surface area (Å²) in [6.07, 6.45) is 1.72. The molecule has 28 heavy (non-hydrogen) atoms. The van der Waals surface area contributed by atoms with Gasteiger partial charge >= 0.3 is 0 Å². The van der Waals surface area contributed by atoms with E-state index < -0.39 is 16.7 Å². The normalized spacial score (nSPS) is 18.4. The Labute approximate surface area is 160 Å². The van der Waals surface area contributed by atoms with E-state index in [0.717, 1.165) is 4.90 Å². The number of fused-ring (bicyclic) bond motifs is 1. The Morgan fingerprint density at radius 2 is 1.57 bits per heavy atom. The molecule has 2 amide bonds. The van der Waals surface area contributed by atoms with E-state index in [1.165, 1.54) is 18.2 Å². The lowest BCUT2D eigenvalue weighted by atomic mass is 9.93. The highest BCUT2D eigenvalue weighted by molar-refractivity contribution is 6.41. The molecule has 2 aromatic rings. The molecule has 0 unspecified atom stereocenters. The highest BCUT2D eigenvalue weighted by Crippen LogP contribution is 2.36. The summed E-state index contributed by atoms with van der Waals surface area (Å²) in [4.78, 5) is 40.1. The average molecular weight is 379 g/mol. The summed E-state index contributed by atoms with van der Waals surface area (Å²) < 4.78 is 5.34. The minimum Gasteiger partial charge on any atom is -0.378 e. The van der Waals surface area contributed by atoms with Gasteiger partial charge in [0.2, 0.25) is 0 Å². The van der Waals surface area contributed by atoms with Crippen LogP contribution < -0.4 is 4.90 Å². The Morgan fingerprint density at radius 3 is 2.29 bits per heavy atom. The van der Waals surface area contributed by atoms with Crippen LogP contribution in [0.15, 0.2) is 54.7 Å². The number of benzene rings is 2. The van der Waals surface area contributed by atoms with Gasteiger partial charge in [-0.25, -0.2) is 4.90 Å². The second-order valence-electron chi connectivity index (χ2n) is 6.43. The molecule has 0 N–H and O–H groups in total. The van der Waals surface area contributed by atoms with Gasteiger partial charge in [-0.1, -0.05) is 30.3 Å². The summed E-state index contributed by atoms with van der Waals surface area (Å²) in [7, 11) is 0. The fourth-order valence-corrected chi connectivity index (χ4v) is 3.39. The van der Waals surface area contributed by atoms with Crippen molar-refractivity contribution >= 4 is 28.8 Å². The molecule has 0 bridgehead atoms. The molecule has 1 fully saturated rings. The van der Waals surface area contributed by atoms with Crippen LogP contribution in [-0.2, 0) is 9.53 Å². The van der Waals surface area contributed by atoms with Crippen LogP contribution in [0, 0.1) is 10.1 Å². The molecule has 0 radical (unpaired) electrons. The zero-order valence-corrected chi connectivity index (χ0v) is 14.9. The molecular formula is C20H17N3O5. The number of nitro groups is 1. The smallest absolute Gasteiger partial charge is 0.293 e. The first-order valence-corrected chi connectivity index (χ1v) is 8.83. The number of imide groups is 1. The van der Waals surface area contributed by atoms with Crippen molar-refractivity contribution in [3.05, 3.63) is 76.0 Å². The van der Waals surface area contributed by atoms with Crippen molar-refractivity contribution < 1.29 is 19.2 Å². The van der Waals surface area contributed by atoms with Crippen LogP contribution in [0.1, 0.15) is 15.9 Å². The fourth-order valence-electron chi connectivity index (χ4n) is 3.39. The van der Waals surface area contributed by atoms with Gasteiger partial charge in [0.25, 0.3) is 17.5 Å². The largest absolute Gasteiger partial charge is 0.378 e. The molecule has 8 nitrogen and oxygen atoms in total. The van der Waals surface area contributed by atoms with Gasteiger partial charge in [0.1, 0.15) is 5.69 Å². The zero-order chi connectivity index (χ0) is 19.7. The second-order valence-corrected chi connectivity index (χ2v) is 6.43. The van der Waals surface area contributed by atoms with Crippen molar-refractivity contribution in [3.8, 4) is 0 Å². The molecule has 0 aliphatic carbocycles. The van der Waals surface area contributed by atoms with Gasteiger partial charge in [0, 0.05) is 36.5 Å². The first-order chi connectivity index (χ1) is 13.6. The maximum atomic E-state index is 13.3. The fraction of sp³-hybridized carbons (Fsp3) is 0.200. The molecule has 2 aromatic carbocycles. The number of morpholine rings is 1. The molecule has 0 spiro atoms. The average Bonchev–Trinajstić information content (AvgIpc) is 2.72. The maximum absolute atomic E-state index is 13.3. The number of para-hydroxylation sites is 2. The molecule has 0 saturated carbocycles. The minimum absolute atomic E-state index is 0.0371. The first kappa shape index (κ1) is 17.9. The second kappa shape index (κ2) is 7.24. The highest BCUT2D eigenvalue weighted by atomic mass is 16.6. The summed E-state index contributed by atoms with van der Waals surface area (Å²) in [5.41, 5.74) is 0.855. The number of ether oxygens (including phenoxy) is 1. The molecule has 2 aliphatic rings. The number of carbonyl (C=O) groups excluding carboxylic acids is 2. The monoisotopic (exact) mass is 379 g/mol. The predicted octanol–water partition coefficient (Wildman–Crippen LogP) is 2.45. The number of hydrogen-bond acceptors (Lipinski definition) is 6. The lowest BCUT2D eigenvalue weighted by Crippen LogP contribution is -2.43. The third-order valence-corrected chi connectivity index (χ3v) is 4.76. The van der Waals surface area contributed by atoms with Gasteiger partial charge in [-0.15, -0.1) is 0 Å². The lowest BCUT2D eigenvalue weighted by molar-refractivity contribution is -0.384. The van der Waals surface area contributed by atoms with Gasteiger partial charge in [-0.05, 0) is 12.1 Å². The number of nitrogens with zero attached hydrogens (tertiary/aromatic N) is 3. The van der Waals surface area contributed by atoms with Crippen molar-refractivity contribution in [2.45, 2.75) is 0 Å². The SMILES string of the molecule is O=C1C(=CN2CCOCC2)c2ccccc2C(=O)N1c1ccccc1[N+](=O)[O-]. The first-order valence-electron chi connectivity index (χ1n) is 8.83. The van der Waals surface area contributed by atoms with E-state index in [9.17, 15) is 19.7 Å². The summed E-state index contributed by atoms with van der Waals surface area (Å²) >= 11 is 0. The van der Waals surface area contributed by atoms with E-state index in [1.54, 1.807) is 36.5 Å². The topological polar surface area (TPSA) is 93.0 Å². The van der Waals surface area contributed by atoms with Crippen LogP contribution in [0.4, 0.5) is 11.4 Å². The summed E-state index contributed by atoms with van der Waals surface area (Å²) in [5.74, 6) is -1.15. The van der Waals surface area contributed by atoms with Gasteiger partial charge in [0.15, 0.2) is 0 Å². The Balaban J connectivity index is 1.86. The molecule has 0 aromatic heterocycles. The molecule has 2 aliphatic heterocycles. The molecule has 1 saturated heterocycles. The van der Waals surface area contributed by atoms with Gasteiger partial charge in [-0.2, -0.15) is 0 Å². The van der Waals surface area contributed by atoms with Gasteiger partial charge in [-0.3, -0.25) is 19.7 Å². The van der Waals surface area contributed by atoms with Crippen LogP contribution >= 0.6 is 0 Å². The lowest BCUT2D eigenvalue weighted by Gasteiger charge is -2.31. The predicted molar refractivity (Wildman–Crippen MR) is 102 cm³/mol. The van der Waals surface area contributed by atoms with Crippen molar-refractivity contribution in [3.63, 3.8) is 0 Å². The number of nitro benzene ring substituents is 1. The number of carbonyl (C=O) groups is 2.